The predicted molar refractivity (Wildman–Crippen MR) is 112 cm³/mol. The monoisotopic (exact) mass is 340 g/mol. The third-order valence-corrected chi connectivity index (χ3v) is 7.50. The average Bonchev–Trinajstić information content (AvgIpc) is 3.08. The van der Waals surface area contributed by atoms with Gasteiger partial charge in [0, 0.05) is 0 Å². The first-order chi connectivity index (χ1) is 12.1. The Hall–Kier alpha value is -2.38. The van der Waals surface area contributed by atoms with Crippen molar-refractivity contribution in [1.29, 1.82) is 0 Å². The highest BCUT2D eigenvalue weighted by atomic mass is 28.3. The molecule has 1 aliphatic rings. The van der Waals surface area contributed by atoms with Gasteiger partial charge in [0.25, 0.3) is 0 Å². The summed E-state index contributed by atoms with van der Waals surface area (Å²) in [7, 11) is -1.35. The predicted octanol–water partition coefficient (Wildman–Crippen LogP) is 7.01. The van der Waals surface area contributed by atoms with E-state index in [-0.39, 0.29) is 0 Å². The molecular formula is C24H24Si. The molecule has 124 valence electrons. The van der Waals surface area contributed by atoms with E-state index in [1.165, 1.54) is 33.4 Å². The van der Waals surface area contributed by atoms with Gasteiger partial charge in [0.05, 0.1) is 8.07 Å². The van der Waals surface area contributed by atoms with Crippen molar-refractivity contribution < 1.29 is 0 Å². The lowest BCUT2D eigenvalue weighted by Crippen LogP contribution is -2.29. The van der Waals surface area contributed by atoms with E-state index in [4.69, 9.17) is 0 Å². The first-order valence-electron chi connectivity index (χ1n) is 9.01. The van der Waals surface area contributed by atoms with E-state index >= 15 is 0 Å². The quantitative estimate of drug-likeness (QED) is 0.450. The summed E-state index contributed by atoms with van der Waals surface area (Å²) in [4.78, 5) is 0. The summed E-state index contributed by atoms with van der Waals surface area (Å²) in [5, 5.41) is 0. The molecule has 1 heteroatoms. The molecule has 0 spiro atoms. The molecule has 0 saturated heterocycles. The van der Waals surface area contributed by atoms with Crippen molar-refractivity contribution in [2.24, 2.45) is 0 Å². The molecule has 0 radical (unpaired) electrons. The fourth-order valence-corrected chi connectivity index (χ4v) is 5.75. The molecule has 0 fully saturated rings. The van der Waals surface area contributed by atoms with Crippen molar-refractivity contribution in [3.8, 4) is 22.3 Å². The van der Waals surface area contributed by atoms with Crippen molar-refractivity contribution in [2.75, 3.05) is 0 Å². The van der Waals surface area contributed by atoms with E-state index in [1.54, 1.807) is 0 Å². The van der Waals surface area contributed by atoms with Crippen LogP contribution in [0.5, 0.6) is 0 Å². The Balaban J connectivity index is 1.97. The number of allylic oxidation sites excluding steroid dienone is 1. The van der Waals surface area contributed by atoms with Gasteiger partial charge in [-0.3, -0.25) is 0 Å². The molecule has 1 atom stereocenters. The second-order valence-electron chi connectivity index (χ2n) is 7.92. The molecule has 3 aromatic carbocycles. The molecule has 0 saturated carbocycles. The van der Waals surface area contributed by atoms with Gasteiger partial charge >= 0.3 is 0 Å². The van der Waals surface area contributed by atoms with E-state index in [1.807, 2.05) is 0 Å². The van der Waals surface area contributed by atoms with Crippen molar-refractivity contribution in [2.45, 2.75) is 25.2 Å². The van der Waals surface area contributed by atoms with Crippen molar-refractivity contribution >= 4 is 14.1 Å². The lowest BCUT2D eigenvalue weighted by molar-refractivity contribution is 1.16. The van der Waals surface area contributed by atoms with Crippen LogP contribution in [-0.2, 0) is 0 Å². The summed E-state index contributed by atoms with van der Waals surface area (Å²) in [6.07, 6.45) is 4.82. The Morgan fingerprint density at radius 2 is 1.16 bits per heavy atom. The van der Waals surface area contributed by atoms with Gasteiger partial charge in [-0.25, -0.2) is 0 Å². The summed E-state index contributed by atoms with van der Waals surface area (Å²) < 4.78 is 0. The lowest BCUT2D eigenvalue weighted by Gasteiger charge is -2.27. The van der Waals surface area contributed by atoms with E-state index < -0.39 is 8.07 Å². The van der Waals surface area contributed by atoms with Gasteiger partial charge < -0.3 is 0 Å². The summed E-state index contributed by atoms with van der Waals surface area (Å²) in [6, 6.07) is 26.2. The van der Waals surface area contributed by atoms with E-state index in [9.17, 15) is 0 Å². The molecular weight excluding hydrogens is 316 g/mol. The van der Waals surface area contributed by atoms with Crippen LogP contribution in [-0.4, -0.2) is 8.07 Å². The van der Waals surface area contributed by atoms with Crippen LogP contribution in [0, 0.1) is 0 Å². The van der Waals surface area contributed by atoms with E-state index in [0.29, 0.717) is 5.54 Å². The number of fused-ring (bicyclic) bond motifs is 1. The van der Waals surface area contributed by atoms with Crippen LogP contribution in [0.4, 0.5) is 0 Å². The number of hydrogen-bond donors (Lipinski definition) is 0. The first-order valence-corrected chi connectivity index (χ1v) is 12.6. The minimum atomic E-state index is -1.35. The topological polar surface area (TPSA) is 0 Å². The van der Waals surface area contributed by atoms with Gasteiger partial charge in [0.2, 0.25) is 0 Å². The van der Waals surface area contributed by atoms with Gasteiger partial charge in [0.15, 0.2) is 0 Å². The molecule has 0 nitrogen and oxygen atoms in total. The fourth-order valence-electron chi connectivity index (χ4n) is 3.90. The molecule has 25 heavy (non-hydrogen) atoms. The molecule has 0 heterocycles. The minimum absolute atomic E-state index is 0.571. The molecule has 3 aromatic rings. The standard InChI is InChI=1S/C24H24Si/c1-25(2,3)23-17-16-22-20(18-10-6-4-7-11-18)14-15-21(24(22)23)19-12-8-5-9-13-19/h4-17,23H,1-3H3. The van der Waals surface area contributed by atoms with E-state index in [0.717, 1.165) is 0 Å². The zero-order valence-corrected chi connectivity index (χ0v) is 16.2. The fraction of sp³-hybridized carbons (Fsp3) is 0.167. The minimum Gasteiger partial charge on any atom is -0.0791 e. The first kappa shape index (κ1) is 16.1. The van der Waals surface area contributed by atoms with E-state index in [2.05, 4.69) is 105 Å². The highest BCUT2D eigenvalue weighted by Crippen LogP contribution is 2.46. The molecule has 0 N–H and O–H groups in total. The van der Waals surface area contributed by atoms with Gasteiger partial charge in [-0.15, -0.1) is 0 Å². The molecule has 0 aromatic heterocycles. The maximum atomic E-state index is 2.47. The van der Waals surface area contributed by atoms with Crippen molar-refractivity contribution in [3.63, 3.8) is 0 Å². The Bertz CT molecular complexity index is 916. The van der Waals surface area contributed by atoms with Crippen molar-refractivity contribution in [3.05, 3.63) is 90.0 Å². The SMILES string of the molecule is C[Si](C)(C)C1C=Cc2c(-c3ccccc3)ccc(-c3ccccc3)c21. The molecule has 4 rings (SSSR count). The zero-order valence-electron chi connectivity index (χ0n) is 15.2. The largest absolute Gasteiger partial charge is 0.0791 e. The smallest absolute Gasteiger partial charge is 0.0566 e. The maximum absolute atomic E-state index is 2.47. The Labute approximate surface area is 151 Å². The second-order valence-corrected chi connectivity index (χ2v) is 13.3. The number of benzene rings is 3. The number of rotatable bonds is 3. The summed E-state index contributed by atoms with van der Waals surface area (Å²) in [5.41, 5.74) is 8.90. The Morgan fingerprint density at radius 1 is 0.640 bits per heavy atom. The summed E-state index contributed by atoms with van der Waals surface area (Å²) in [5.74, 6) is 0. The lowest BCUT2D eigenvalue weighted by atomic mass is 9.90. The molecule has 0 amide bonds. The molecule has 0 aliphatic heterocycles. The molecule has 1 aliphatic carbocycles. The summed E-state index contributed by atoms with van der Waals surface area (Å²) in [6.45, 7) is 7.42. The number of hydrogen-bond acceptors (Lipinski definition) is 0. The normalized spacial score (nSPS) is 16.0. The Kier molecular flexibility index (Phi) is 3.97. The summed E-state index contributed by atoms with van der Waals surface area (Å²) >= 11 is 0. The van der Waals surface area contributed by atoms with Crippen LogP contribution in [0.1, 0.15) is 16.7 Å². The third-order valence-electron chi connectivity index (χ3n) is 5.16. The highest BCUT2D eigenvalue weighted by molar-refractivity contribution is 6.78. The highest BCUT2D eigenvalue weighted by Gasteiger charge is 2.33. The van der Waals surface area contributed by atoms with Gasteiger partial charge in [-0.2, -0.15) is 0 Å². The van der Waals surface area contributed by atoms with Crippen LogP contribution < -0.4 is 0 Å². The molecule has 1 unspecified atom stereocenters. The van der Waals surface area contributed by atoms with Crippen LogP contribution in [0.15, 0.2) is 78.9 Å². The third kappa shape index (κ3) is 2.89. The molecule has 0 bridgehead atoms. The maximum Gasteiger partial charge on any atom is 0.0566 e. The van der Waals surface area contributed by atoms with Gasteiger partial charge in [0.1, 0.15) is 0 Å². The zero-order chi connectivity index (χ0) is 17.4. The van der Waals surface area contributed by atoms with Gasteiger partial charge in [-0.1, -0.05) is 105 Å². The van der Waals surface area contributed by atoms with Crippen LogP contribution in [0.25, 0.3) is 28.3 Å². The second kappa shape index (κ2) is 6.16. The van der Waals surface area contributed by atoms with Crippen molar-refractivity contribution in [1.82, 2.24) is 0 Å². The van der Waals surface area contributed by atoms with Crippen LogP contribution in [0.3, 0.4) is 0 Å². The van der Waals surface area contributed by atoms with Crippen LogP contribution >= 0.6 is 0 Å². The Morgan fingerprint density at radius 3 is 1.72 bits per heavy atom. The van der Waals surface area contributed by atoms with Gasteiger partial charge in [-0.05, 0) is 38.9 Å². The average molecular weight is 341 g/mol. The van der Waals surface area contributed by atoms with Crippen LogP contribution in [0.2, 0.25) is 19.6 Å².